The fourth-order valence-corrected chi connectivity index (χ4v) is 1.60. The van der Waals surface area contributed by atoms with Gasteiger partial charge in [0.05, 0.1) is 12.8 Å². The fraction of sp³-hybridized carbons (Fsp3) is 0.214. The van der Waals surface area contributed by atoms with E-state index in [2.05, 4.69) is 9.97 Å². The molecule has 0 radical (unpaired) electrons. The highest BCUT2D eigenvalue weighted by atomic mass is 19.1. The zero-order valence-corrected chi connectivity index (χ0v) is 11.2. The van der Waals surface area contributed by atoms with E-state index >= 15 is 0 Å². The van der Waals surface area contributed by atoms with Gasteiger partial charge in [-0.3, -0.25) is 0 Å². The Morgan fingerprint density at radius 1 is 1.29 bits per heavy atom. The lowest BCUT2D eigenvalue weighted by Gasteiger charge is -2.10. The highest BCUT2D eigenvalue weighted by Gasteiger charge is 2.15. The minimum Gasteiger partial charge on any atom is -0.476 e. The molecule has 2 rings (SSSR count). The van der Waals surface area contributed by atoms with E-state index in [1.807, 2.05) is 0 Å². The van der Waals surface area contributed by atoms with E-state index in [1.165, 1.54) is 31.4 Å². The fourth-order valence-electron chi connectivity index (χ4n) is 1.60. The summed E-state index contributed by atoms with van der Waals surface area (Å²) in [5.41, 5.74) is 0.541. The molecule has 1 N–H and O–H groups in total. The van der Waals surface area contributed by atoms with Gasteiger partial charge in [-0.05, 0) is 24.3 Å². The van der Waals surface area contributed by atoms with E-state index in [0.29, 0.717) is 12.2 Å². The van der Waals surface area contributed by atoms with Crippen LogP contribution >= 0.6 is 0 Å². The largest absolute Gasteiger partial charge is 0.476 e. The maximum absolute atomic E-state index is 13.0. The number of carboxylic acid groups (broad SMARTS) is 1. The van der Waals surface area contributed by atoms with Crippen LogP contribution in [0.2, 0.25) is 0 Å². The van der Waals surface area contributed by atoms with Gasteiger partial charge in [-0.15, -0.1) is 0 Å². The molecular formula is C14H13FN2O4. The molecular weight excluding hydrogens is 279 g/mol. The van der Waals surface area contributed by atoms with Crippen LogP contribution in [0.3, 0.4) is 0 Å². The molecule has 21 heavy (non-hydrogen) atoms. The van der Waals surface area contributed by atoms with Crippen LogP contribution in [0.25, 0.3) is 11.3 Å². The van der Waals surface area contributed by atoms with Crippen molar-refractivity contribution < 1.29 is 23.8 Å². The monoisotopic (exact) mass is 292 g/mol. The lowest BCUT2D eigenvalue weighted by Crippen LogP contribution is -2.09. The molecule has 0 unspecified atom stereocenters. The number of hydrogen-bond donors (Lipinski definition) is 1. The molecule has 0 amide bonds. The molecule has 1 aromatic carbocycles. The van der Waals surface area contributed by atoms with Crippen molar-refractivity contribution in [3.8, 4) is 17.1 Å². The van der Waals surface area contributed by atoms with Crippen LogP contribution in [-0.2, 0) is 4.74 Å². The van der Waals surface area contributed by atoms with Crippen molar-refractivity contribution in [3.05, 3.63) is 42.0 Å². The molecule has 1 heterocycles. The molecule has 0 aliphatic rings. The molecule has 0 bridgehead atoms. The number of benzene rings is 1. The van der Waals surface area contributed by atoms with Gasteiger partial charge in [0.1, 0.15) is 18.1 Å². The van der Waals surface area contributed by atoms with Crippen LogP contribution in [0.1, 0.15) is 10.5 Å². The molecule has 7 heteroatoms. The molecule has 110 valence electrons. The number of halogens is 1. The second kappa shape index (κ2) is 6.76. The van der Waals surface area contributed by atoms with Crippen LogP contribution in [0.15, 0.2) is 30.5 Å². The third kappa shape index (κ3) is 3.73. The van der Waals surface area contributed by atoms with Crippen molar-refractivity contribution in [1.82, 2.24) is 9.97 Å². The van der Waals surface area contributed by atoms with Crippen LogP contribution in [-0.4, -0.2) is 41.4 Å². The predicted octanol–water partition coefficient (Wildman–Crippen LogP) is 2.01. The number of rotatable bonds is 6. The summed E-state index contributed by atoms with van der Waals surface area (Å²) in [4.78, 5) is 18.9. The van der Waals surface area contributed by atoms with Crippen LogP contribution in [0, 0.1) is 5.82 Å². The van der Waals surface area contributed by atoms with Gasteiger partial charge in [-0.2, -0.15) is 0 Å². The van der Waals surface area contributed by atoms with Gasteiger partial charge in [-0.1, -0.05) is 0 Å². The first-order valence-corrected chi connectivity index (χ1v) is 6.10. The maximum Gasteiger partial charge on any atom is 0.356 e. The van der Waals surface area contributed by atoms with E-state index in [0.717, 1.165) is 6.20 Å². The van der Waals surface area contributed by atoms with Crippen molar-refractivity contribution in [3.63, 3.8) is 0 Å². The van der Waals surface area contributed by atoms with Gasteiger partial charge in [0, 0.05) is 12.7 Å². The second-order valence-electron chi connectivity index (χ2n) is 4.06. The highest BCUT2D eigenvalue weighted by molar-refractivity contribution is 5.86. The standard InChI is InChI=1S/C14H13FN2O4/c1-20-6-7-21-13-12(9-2-4-10(15)5-3-9)17-11(8-16-13)14(18)19/h2-5,8H,6-7H2,1H3,(H,18,19). The molecule has 0 spiro atoms. The van der Waals surface area contributed by atoms with Crippen molar-refractivity contribution in [2.45, 2.75) is 0 Å². The number of nitrogens with zero attached hydrogens (tertiary/aromatic N) is 2. The Morgan fingerprint density at radius 3 is 2.62 bits per heavy atom. The zero-order valence-electron chi connectivity index (χ0n) is 11.2. The van der Waals surface area contributed by atoms with E-state index in [1.54, 1.807) is 0 Å². The normalized spacial score (nSPS) is 10.4. The molecule has 1 aromatic heterocycles. The van der Waals surface area contributed by atoms with Crippen molar-refractivity contribution >= 4 is 5.97 Å². The minimum atomic E-state index is -1.20. The molecule has 2 aromatic rings. The minimum absolute atomic E-state index is 0.170. The van der Waals surface area contributed by atoms with Gasteiger partial charge in [0.15, 0.2) is 5.69 Å². The van der Waals surface area contributed by atoms with Crippen LogP contribution < -0.4 is 4.74 Å². The van der Waals surface area contributed by atoms with Gasteiger partial charge < -0.3 is 14.6 Å². The number of hydrogen-bond acceptors (Lipinski definition) is 5. The third-order valence-electron chi connectivity index (χ3n) is 2.60. The maximum atomic E-state index is 13.0. The van der Waals surface area contributed by atoms with E-state index in [-0.39, 0.29) is 23.9 Å². The van der Waals surface area contributed by atoms with E-state index in [4.69, 9.17) is 14.6 Å². The quantitative estimate of drug-likeness (QED) is 0.820. The van der Waals surface area contributed by atoms with Gasteiger partial charge >= 0.3 is 5.97 Å². The lowest BCUT2D eigenvalue weighted by molar-refractivity contribution is 0.0689. The summed E-state index contributed by atoms with van der Waals surface area (Å²) in [7, 11) is 1.53. The smallest absolute Gasteiger partial charge is 0.356 e. The Morgan fingerprint density at radius 2 is 2.00 bits per heavy atom. The zero-order chi connectivity index (χ0) is 15.2. The van der Waals surface area contributed by atoms with Crippen LogP contribution in [0.4, 0.5) is 4.39 Å². The first kappa shape index (κ1) is 14.9. The third-order valence-corrected chi connectivity index (χ3v) is 2.60. The predicted molar refractivity (Wildman–Crippen MR) is 71.8 cm³/mol. The average molecular weight is 292 g/mol. The molecule has 0 aliphatic heterocycles. The Balaban J connectivity index is 2.40. The second-order valence-corrected chi connectivity index (χ2v) is 4.06. The Bertz CT molecular complexity index is 631. The number of ether oxygens (including phenoxy) is 2. The van der Waals surface area contributed by atoms with Crippen molar-refractivity contribution in [2.24, 2.45) is 0 Å². The molecule has 0 aliphatic carbocycles. The van der Waals surface area contributed by atoms with Crippen molar-refractivity contribution in [1.29, 1.82) is 0 Å². The number of carbonyl (C=O) groups is 1. The summed E-state index contributed by atoms with van der Waals surface area (Å²) in [6, 6.07) is 5.47. The first-order chi connectivity index (χ1) is 10.1. The topological polar surface area (TPSA) is 81.5 Å². The van der Waals surface area contributed by atoms with Gasteiger partial charge in [-0.25, -0.2) is 19.2 Å². The Labute approximate surface area is 120 Å². The summed E-state index contributed by atoms with van der Waals surface area (Å²) in [6.45, 7) is 0.594. The summed E-state index contributed by atoms with van der Waals surface area (Å²) < 4.78 is 23.3. The number of aromatic nitrogens is 2. The molecule has 0 fully saturated rings. The van der Waals surface area contributed by atoms with Crippen molar-refractivity contribution in [2.75, 3.05) is 20.3 Å². The average Bonchev–Trinajstić information content (AvgIpc) is 2.48. The Kier molecular flexibility index (Phi) is 4.78. The molecule has 6 nitrogen and oxygen atoms in total. The molecule has 0 saturated heterocycles. The number of carboxylic acids is 1. The Hall–Kier alpha value is -2.54. The summed E-state index contributed by atoms with van der Waals surface area (Å²) >= 11 is 0. The van der Waals surface area contributed by atoms with Gasteiger partial charge in [0.2, 0.25) is 5.88 Å². The first-order valence-electron chi connectivity index (χ1n) is 6.10. The van der Waals surface area contributed by atoms with Crippen LogP contribution in [0.5, 0.6) is 5.88 Å². The lowest BCUT2D eigenvalue weighted by atomic mass is 10.1. The van der Waals surface area contributed by atoms with E-state index in [9.17, 15) is 9.18 Å². The highest BCUT2D eigenvalue weighted by Crippen LogP contribution is 2.26. The van der Waals surface area contributed by atoms with Gasteiger partial charge in [0.25, 0.3) is 0 Å². The summed E-state index contributed by atoms with van der Waals surface area (Å²) in [5.74, 6) is -1.43. The molecule has 0 saturated carbocycles. The SMILES string of the molecule is COCCOc1ncc(C(=O)O)nc1-c1ccc(F)cc1. The van der Waals surface area contributed by atoms with E-state index < -0.39 is 11.8 Å². The number of aromatic carboxylic acids is 1. The summed E-state index contributed by atoms with van der Waals surface area (Å²) in [5, 5.41) is 8.98. The number of methoxy groups -OCH3 is 1. The summed E-state index contributed by atoms with van der Waals surface area (Å²) in [6.07, 6.45) is 1.11. The molecule has 0 atom stereocenters.